The number of rotatable bonds is 5. The molecule has 10 heavy (non-hydrogen) atoms. The summed E-state index contributed by atoms with van der Waals surface area (Å²) in [6.45, 7) is 6.60. The highest BCUT2D eigenvalue weighted by Crippen LogP contribution is 2.05. The lowest BCUT2D eigenvalue weighted by molar-refractivity contribution is 0.549. The van der Waals surface area contributed by atoms with Gasteiger partial charge in [0.05, 0.1) is 0 Å². The Morgan fingerprint density at radius 3 is 2.80 bits per heavy atom. The van der Waals surface area contributed by atoms with Gasteiger partial charge in [0.2, 0.25) is 0 Å². The molecule has 0 fully saturated rings. The third kappa shape index (κ3) is 5.57. The van der Waals surface area contributed by atoms with Crippen molar-refractivity contribution in [2.75, 3.05) is 6.54 Å². The fraction of sp³-hybridized carbons (Fsp3) is 0.556. The average molecular weight is 139 g/mol. The van der Waals surface area contributed by atoms with Crippen LogP contribution in [0.4, 0.5) is 0 Å². The first-order valence-electron chi connectivity index (χ1n) is 3.79. The minimum atomic E-state index is 0.709. The zero-order valence-electron chi connectivity index (χ0n) is 6.72. The van der Waals surface area contributed by atoms with Crippen molar-refractivity contribution < 1.29 is 0 Å². The van der Waals surface area contributed by atoms with Crippen molar-refractivity contribution in [2.24, 2.45) is 11.7 Å². The normalized spacial score (nSPS) is 13.8. The van der Waals surface area contributed by atoms with Crippen molar-refractivity contribution in [3.63, 3.8) is 0 Å². The van der Waals surface area contributed by atoms with Crippen molar-refractivity contribution in [3.8, 4) is 0 Å². The maximum absolute atomic E-state index is 5.39. The van der Waals surface area contributed by atoms with E-state index in [2.05, 4.69) is 19.6 Å². The van der Waals surface area contributed by atoms with E-state index in [1.54, 1.807) is 6.08 Å². The lowest BCUT2D eigenvalue weighted by Gasteiger charge is -2.04. The maximum Gasteiger partial charge on any atom is -0.00746 e. The number of hydrogen-bond donors (Lipinski definition) is 1. The van der Waals surface area contributed by atoms with Gasteiger partial charge in [0, 0.05) is 0 Å². The Hall–Kier alpha value is -0.560. The Balaban J connectivity index is 3.28. The van der Waals surface area contributed by atoms with Gasteiger partial charge in [-0.2, -0.15) is 0 Å². The Bertz CT molecular complexity index is 105. The van der Waals surface area contributed by atoms with Gasteiger partial charge >= 0.3 is 0 Å². The molecule has 0 aliphatic heterocycles. The van der Waals surface area contributed by atoms with Crippen molar-refractivity contribution in [1.82, 2.24) is 0 Å². The number of nitrogens with two attached hydrogens (primary N) is 1. The van der Waals surface area contributed by atoms with Crippen LogP contribution in [0.25, 0.3) is 0 Å². The van der Waals surface area contributed by atoms with Crippen molar-refractivity contribution in [3.05, 3.63) is 24.8 Å². The van der Waals surface area contributed by atoms with Gasteiger partial charge in [-0.15, -0.1) is 0 Å². The van der Waals surface area contributed by atoms with Crippen LogP contribution in [0, 0.1) is 5.92 Å². The molecule has 1 unspecified atom stereocenters. The van der Waals surface area contributed by atoms with Gasteiger partial charge < -0.3 is 5.73 Å². The van der Waals surface area contributed by atoms with Crippen LogP contribution >= 0.6 is 0 Å². The summed E-state index contributed by atoms with van der Waals surface area (Å²) in [5.41, 5.74) is 5.39. The third-order valence-corrected chi connectivity index (χ3v) is 1.47. The zero-order valence-corrected chi connectivity index (χ0v) is 6.72. The zero-order chi connectivity index (χ0) is 7.82. The smallest absolute Gasteiger partial charge is 0.00746 e. The van der Waals surface area contributed by atoms with Gasteiger partial charge in [0.15, 0.2) is 0 Å². The predicted octanol–water partition coefficient (Wildman–Crippen LogP) is 2.10. The molecule has 0 saturated carbocycles. The van der Waals surface area contributed by atoms with Crippen molar-refractivity contribution in [2.45, 2.75) is 19.8 Å². The van der Waals surface area contributed by atoms with E-state index in [-0.39, 0.29) is 0 Å². The molecule has 0 spiro atoms. The van der Waals surface area contributed by atoms with E-state index in [1.807, 2.05) is 6.08 Å². The fourth-order valence-electron chi connectivity index (χ4n) is 0.809. The molecule has 0 aliphatic carbocycles. The van der Waals surface area contributed by atoms with Crippen LogP contribution in [0.2, 0.25) is 0 Å². The van der Waals surface area contributed by atoms with Crippen LogP contribution in [0.5, 0.6) is 0 Å². The lowest BCUT2D eigenvalue weighted by Crippen LogP contribution is -2.04. The second kappa shape index (κ2) is 6.56. The van der Waals surface area contributed by atoms with Crippen LogP contribution < -0.4 is 5.73 Å². The van der Waals surface area contributed by atoms with Crippen LogP contribution in [0.1, 0.15) is 19.8 Å². The molecule has 0 aromatic carbocycles. The number of hydrogen-bond acceptors (Lipinski definition) is 1. The second-order valence-corrected chi connectivity index (χ2v) is 2.58. The van der Waals surface area contributed by atoms with E-state index < -0.39 is 0 Å². The Labute approximate surface area is 63.6 Å². The summed E-state index contributed by atoms with van der Waals surface area (Å²) in [6.07, 6.45) is 8.14. The number of allylic oxidation sites excluding steroid dienone is 3. The molecule has 1 nitrogen and oxygen atoms in total. The molecule has 0 bridgehead atoms. The third-order valence-electron chi connectivity index (χ3n) is 1.47. The van der Waals surface area contributed by atoms with E-state index in [0.29, 0.717) is 5.92 Å². The summed E-state index contributed by atoms with van der Waals surface area (Å²) in [4.78, 5) is 0. The molecule has 0 radical (unpaired) electrons. The summed E-state index contributed by atoms with van der Waals surface area (Å²) < 4.78 is 0. The molecule has 58 valence electrons. The van der Waals surface area contributed by atoms with Crippen LogP contribution in [0.3, 0.4) is 0 Å². The first-order chi connectivity index (χ1) is 4.81. The summed E-state index contributed by atoms with van der Waals surface area (Å²) >= 11 is 0. The molecule has 0 aromatic rings. The summed E-state index contributed by atoms with van der Waals surface area (Å²) in [6, 6.07) is 0. The molecule has 1 heteroatoms. The van der Waals surface area contributed by atoms with Gasteiger partial charge in [-0.1, -0.05) is 31.7 Å². The maximum atomic E-state index is 5.39. The fourth-order valence-corrected chi connectivity index (χ4v) is 0.809. The van der Waals surface area contributed by atoms with Crippen molar-refractivity contribution >= 4 is 0 Å². The minimum Gasteiger partial charge on any atom is -0.330 e. The van der Waals surface area contributed by atoms with Crippen LogP contribution in [-0.2, 0) is 0 Å². The molecule has 0 amide bonds. The highest BCUT2D eigenvalue weighted by Gasteiger charge is 1.95. The molecule has 0 heterocycles. The van der Waals surface area contributed by atoms with Crippen LogP contribution in [0.15, 0.2) is 24.8 Å². The van der Waals surface area contributed by atoms with E-state index in [1.165, 1.54) is 0 Å². The molecule has 0 aliphatic rings. The SMILES string of the molecule is C=C/C=C\CC(C)CCN. The quantitative estimate of drug-likeness (QED) is 0.580. The Morgan fingerprint density at radius 1 is 1.60 bits per heavy atom. The van der Waals surface area contributed by atoms with Gasteiger partial charge in [-0.05, 0) is 25.3 Å². The summed E-state index contributed by atoms with van der Waals surface area (Å²) in [7, 11) is 0. The topological polar surface area (TPSA) is 26.0 Å². The second-order valence-electron chi connectivity index (χ2n) is 2.58. The monoisotopic (exact) mass is 139 g/mol. The lowest BCUT2D eigenvalue weighted by atomic mass is 10.0. The minimum absolute atomic E-state index is 0.709. The first-order valence-corrected chi connectivity index (χ1v) is 3.79. The molecule has 0 saturated heterocycles. The largest absolute Gasteiger partial charge is 0.330 e. The van der Waals surface area contributed by atoms with Gasteiger partial charge in [-0.3, -0.25) is 0 Å². The summed E-state index contributed by atoms with van der Waals surface area (Å²) in [5, 5.41) is 0. The predicted molar refractivity (Wildman–Crippen MR) is 46.8 cm³/mol. The molecule has 2 N–H and O–H groups in total. The summed E-state index contributed by atoms with van der Waals surface area (Å²) in [5.74, 6) is 0.709. The van der Waals surface area contributed by atoms with E-state index >= 15 is 0 Å². The Morgan fingerprint density at radius 2 is 2.30 bits per heavy atom. The molecule has 1 atom stereocenters. The van der Waals surface area contributed by atoms with E-state index in [4.69, 9.17) is 5.73 Å². The van der Waals surface area contributed by atoms with Crippen molar-refractivity contribution in [1.29, 1.82) is 0 Å². The van der Waals surface area contributed by atoms with E-state index in [9.17, 15) is 0 Å². The standard InChI is InChI=1S/C9H17N/c1-3-4-5-6-9(2)7-8-10/h3-5,9H,1,6-8,10H2,2H3/b5-4-. The first kappa shape index (κ1) is 9.44. The molecular formula is C9H17N. The average Bonchev–Trinajstić information content (AvgIpc) is 1.89. The highest BCUT2D eigenvalue weighted by atomic mass is 14.5. The van der Waals surface area contributed by atoms with Crippen LogP contribution in [-0.4, -0.2) is 6.54 Å². The van der Waals surface area contributed by atoms with E-state index in [0.717, 1.165) is 19.4 Å². The highest BCUT2D eigenvalue weighted by molar-refractivity contribution is 4.97. The molecular weight excluding hydrogens is 122 g/mol. The molecule has 0 aromatic heterocycles. The van der Waals surface area contributed by atoms with Gasteiger partial charge in [0.25, 0.3) is 0 Å². The Kier molecular flexibility index (Phi) is 6.19. The molecule has 0 rings (SSSR count). The van der Waals surface area contributed by atoms with Gasteiger partial charge in [0.1, 0.15) is 0 Å². The van der Waals surface area contributed by atoms with Gasteiger partial charge in [-0.25, -0.2) is 0 Å².